The van der Waals surface area contributed by atoms with Crippen molar-refractivity contribution in [1.82, 2.24) is 0 Å². The van der Waals surface area contributed by atoms with E-state index >= 15 is 0 Å². The Hall–Kier alpha value is -0.0800. The van der Waals surface area contributed by atoms with Crippen LogP contribution in [0.1, 0.15) is 6.42 Å². The molecule has 0 aromatic rings. The Bertz CT molecular complexity index is 48.0. The molecule has 3 N–H and O–H groups in total. The van der Waals surface area contributed by atoms with E-state index in [0.717, 1.165) is 0 Å². The number of hydrogen-bond donors (Lipinski definition) is 2. The summed E-state index contributed by atoms with van der Waals surface area (Å²) in [6, 6.07) is 0. The Morgan fingerprint density at radius 1 is 1.57 bits per heavy atom. The van der Waals surface area contributed by atoms with Crippen LogP contribution in [-0.4, -0.2) is 26.8 Å². The van der Waals surface area contributed by atoms with E-state index in [2.05, 4.69) is 12.4 Å². The number of nitrogens with one attached hydrogen (secondary N) is 1. The summed E-state index contributed by atoms with van der Waals surface area (Å²) in [7, 11) is 2.25. The van der Waals surface area contributed by atoms with Crippen molar-refractivity contribution in [2.45, 2.75) is 6.42 Å². The van der Waals surface area contributed by atoms with Crippen LogP contribution >= 0.6 is 0 Å². The maximum absolute atomic E-state index is 2.37. The lowest BCUT2D eigenvalue weighted by atomic mass is 10.3. The first-order chi connectivity index (χ1) is 3.39. The smallest absolute Gasteiger partial charge is 0.202 e. The molecule has 1 heterocycles. The van der Waals surface area contributed by atoms with Crippen LogP contribution in [-0.2, 0) is 0 Å². The molecule has 0 radical (unpaired) electrons. The molecule has 2 nitrogen and oxygen atoms in total. The third kappa shape index (κ3) is 1.45. The summed E-state index contributed by atoms with van der Waals surface area (Å²) in [5.41, 5.74) is 0. The van der Waals surface area contributed by atoms with Crippen LogP contribution in [0.2, 0.25) is 0 Å². The minimum absolute atomic E-state index is 1.28. The average molecular weight is 102 g/mol. The molecular formula is C5H14N2+2. The van der Waals surface area contributed by atoms with Gasteiger partial charge in [-0.15, -0.1) is 0 Å². The molecule has 1 fully saturated rings. The summed E-state index contributed by atoms with van der Waals surface area (Å²) in [5.74, 6) is 0. The van der Waals surface area contributed by atoms with Crippen molar-refractivity contribution in [3.63, 3.8) is 0 Å². The van der Waals surface area contributed by atoms with Gasteiger partial charge in [0.2, 0.25) is 6.67 Å². The molecule has 0 amide bonds. The molecule has 1 unspecified atom stereocenters. The quantitative estimate of drug-likeness (QED) is 0.335. The summed E-state index contributed by atoms with van der Waals surface area (Å²) < 4.78 is 0. The van der Waals surface area contributed by atoms with Gasteiger partial charge in [0, 0.05) is 6.42 Å². The normalized spacial score (nSPS) is 33.0. The van der Waals surface area contributed by atoms with E-state index in [-0.39, 0.29) is 0 Å². The van der Waals surface area contributed by atoms with Crippen molar-refractivity contribution in [2.24, 2.45) is 0 Å². The van der Waals surface area contributed by atoms with E-state index in [1.54, 1.807) is 4.90 Å². The third-order valence-electron chi connectivity index (χ3n) is 1.50. The number of hydrogen-bond acceptors (Lipinski definition) is 0. The zero-order chi connectivity index (χ0) is 5.11. The Balaban J connectivity index is 2.12. The first-order valence-corrected chi connectivity index (χ1v) is 3.02. The van der Waals surface area contributed by atoms with Crippen LogP contribution in [0.3, 0.4) is 0 Å². The first kappa shape index (κ1) is 5.06. The molecule has 0 aromatic carbocycles. The lowest BCUT2D eigenvalue weighted by Crippen LogP contribution is -3.22. The van der Waals surface area contributed by atoms with Gasteiger partial charge in [-0.05, 0) is 0 Å². The average Bonchev–Trinajstić information content (AvgIpc) is 1.69. The zero-order valence-corrected chi connectivity index (χ0v) is 4.91. The van der Waals surface area contributed by atoms with Gasteiger partial charge in [-0.25, -0.2) is 0 Å². The summed E-state index contributed by atoms with van der Waals surface area (Å²) in [5, 5.41) is 2.37. The largest absolute Gasteiger partial charge is 0.300 e. The van der Waals surface area contributed by atoms with Crippen molar-refractivity contribution in [1.29, 1.82) is 0 Å². The fourth-order valence-corrected chi connectivity index (χ4v) is 0.999. The van der Waals surface area contributed by atoms with E-state index < -0.39 is 0 Å². The van der Waals surface area contributed by atoms with Gasteiger partial charge in [0.25, 0.3) is 0 Å². The second kappa shape index (κ2) is 2.28. The predicted molar refractivity (Wildman–Crippen MR) is 28.0 cm³/mol. The second-order valence-electron chi connectivity index (χ2n) is 2.34. The van der Waals surface area contributed by atoms with Crippen LogP contribution < -0.4 is 10.2 Å². The second-order valence-corrected chi connectivity index (χ2v) is 2.34. The SMILES string of the molecule is C[NH+]1CCC[NH2+]C1. The van der Waals surface area contributed by atoms with Crippen molar-refractivity contribution in [3.8, 4) is 0 Å². The highest BCUT2D eigenvalue weighted by molar-refractivity contribution is 4.27. The Morgan fingerprint density at radius 3 is 2.71 bits per heavy atom. The van der Waals surface area contributed by atoms with E-state index in [1.807, 2.05) is 0 Å². The number of quaternary nitrogens is 2. The fraction of sp³-hybridized carbons (Fsp3) is 1.00. The molecule has 0 aliphatic carbocycles. The van der Waals surface area contributed by atoms with Crippen LogP contribution in [0.4, 0.5) is 0 Å². The van der Waals surface area contributed by atoms with Gasteiger partial charge in [-0.3, -0.25) is 10.2 Å². The predicted octanol–water partition coefficient (Wildman–Crippen LogP) is -2.57. The highest BCUT2D eigenvalue weighted by Crippen LogP contribution is 1.62. The van der Waals surface area contributed by atoms with E-state index in [9.17, 15) is 0 Å². The highest BCUT2D eigenvalue weighted by atomic mass is 15.2. The van der Waals surface area contributed by atoms with Gasteiger partial charge in [-0.1, -0.05) is 0 Å². The summed E-state index contributed by atoms with van der Waals surface area (Å²) in [6.07, 6.45) is 1.39. The monoisotopic (exact) mass is 102 g/mol. The van der Waals surface area contributed by atoms with Crippen molar-refractivity contribution in [3.05, 3.63) is 0 Å². The van der Waals surface area contributed by atoms with Crippen LogP contribution in [0.15, 0.2) is 0 Å². The molecule has 1 aliphatic heterocycles. The molecule has 1 saturated heterocycles. The fourth-order valence-electron chi connectivity index (χ4n) is 0.999. The molecule has 0 aromatic heterocycles. The van der Waals surface area contributed by atoms with E-state index in [0.29, 0.717) is 0 Å². The van der Waals surface area contributed by atoms with E-state index in [4.69, 9.17) is 0 Å². The van der Waals surface area contributed by atoms with Crippen molar-refractivity contribution < 1.29 is 10.2 Å². The molecule has 7 heavy (non-hydrogen) atoms. The van der Waals surface area contributed by atoms with Gasteiger partial charge >= 0.3 is 0 Å². The van der Waals surface area contributed by atoms with Gasteiger partial charge in [0.1, 0.15) is 0 Å². The molecule has 42 valence electrons. The van der Waals surface area contributed by atoms with Gasteiger partial charge < -0.3 is 0 Å². The standard InChI is InChI=1S/C5H12N2/c1-7-4-2-3-6-5-7/h6H,2-5H2,1H3/p+2. The minimum atomic E-state index is 1.28. The third-order valence-corrected chi connectivity index (χ3v) is 1.50. The summed E-state index contributed by atoms with van der Waals surface area (Å²) in [4.78, 5) is 1.66. The summed E-state index contributed by atoms with van der Waals surface area (Å²) >= 11 is 0. The molecule has 1 aliphatic rings. The number of nitrogens with two attached hydrogens (primary N) is 1. The maximum Gasteiger partial charge on any atom is 0.202 e. The molecule has 0 saturated carbocycles. The van der Waals surface area contributed by atoms with Gasteiger partial charge in [-0.2, -0.15) is 0 Å². The lowest BCUT2D eigenvalue weighted by molar-refractivity contribution is -1.01. The molecule has 1 atom stereocenters. The maximum atomic E-state index is 2.37. The van der Waals surface area contributed by atoms with Crippen LogP contribution in [0.5, 0.6) is 0 Å². The van der Waals surface area contributed by atoms with Gasteiger partial charge in [0.05, 0.1) is 20.1 Å². The Morgan fingerprint density at radius 2 is 2.43 bits per heavy atom. The number of rotatable bonds is 0. The van der Waals surface area contributed by atoms with Crippen LogP contribution in [0.25, 0.3) is 0 Å². The highest BCUT2D eigenvalue weighted by Gasteiger charge is 2.07. The van der Waals surface area contributed by atoms with Gasteiger partial charge in [0.15, 0.2) is 0 Å². The Labute approximate surface area is 44.5 Å². The molecule has 2 heteroatoms. The van der Waals surface area contributed by atoms with Crippen molar-refractivity contribution in [2.75, 3.05) is 26.8 Å². The first-order valence-electron chi connectivity index (χ1n) is 3.02. The Kier molecular flexibility index (Phi) is 1.65. The molecule has 0 bridgehead atoms. The molecular weight excluding hydrogens is 88.1 g/mol. The molecule has 0 spiro atoms. The zero-order valence-electron chi connectivity index (χ0n) is 4.91. The van der Waals surface area contributed by atoms with Crippen molar-refractivity contribution >= 4 is 0 Å². The minimum Gasteiger partial charge on any atom is -0.300 e. The van der Waals surface area contributed by atoms with Crippen LogP contribution in [0, 0.1) is 0 Å². The van der Waals surface area contributed by atoms with E-state index in [1.165, 1.54) is 26.2 Å². The lowest BCUT2D eigenvalue weighted by Gasteiger charge is -2.16. The topological polar surface area (TPSA) is 21.1 Å². The molecule has 1 rings (SSSR count). The summed E-state index contributed by atoms with van der Waals surface area (Å²) in [6.45, 7) is 3.99.